The van der Waals surface area contributed by atoms with Gasteiger partial charge in [0.1, 0.15) is 11.9 Å². The van der Waals surface area contributed by atoms with Crippen molar-refractivity contribution in [3.63, 3.8) is 0 Å². The van der Waals surface area contributed by atoms with Gasteiger partial charge in [0, 0.05) is 43.3 Å². The van der Waals surface area contributed by atoms with E-state index in [1.54, 1.807) is 11.0 Å². The van der Waals surface area contributed by atoms with E-state index in [1.165, 1.54) is 25.3 Å². The van der Waals surface area contributed by atoms with Crippen molar-refractivity contribution in [1.82, 2.24) is 15.5 Å². The van der Waals surface area contributed by atoms with Crippen LogP contribution in [0.5, 0.6) is 0 Å². The molecule has 1 saturated heterocycles. The Morgan fingerprint density at radius 3 is 2.51 bits per heavy atom. The number of urea groups is 1. The van der Waals surface area contributed by atoms with Gasteiger partial charge in [-0.1, -0.05) is 46.0 Å². The lowest BCUT2D eigenvalue weighted by Crippen LogP contribution is -2.56. The molecule has 4 aliphatic rings. The summed E-state index contributed by atoms with van der Waals surface area (Å²) >= 11 is 0. The molecule has 2 heterocycles. The van der Waals surface area contributed by atoms with Crippen molar-refractivity contribution in [1.29, 1.82) is 0 Å². The SMILES string of the molecule is CC1(C)CN(C[C@@H](NC(=O)[C@H](CC2CCCCC2)NC(=O)N2CCOCC2)C2CC2)c2ccc(F)cc21. The van der Waals surface area contributed by atoms with Gasteiger partial charge in [0.2, 0.25) is 5.91 Å². The van der Waals surface area contributed by atoms with Crippen LogP contribution in [0, 0.1) is 17.7 Å². The summed E-state index contributed by atoms with van der Waals surface area (Å²) in [6.45, 7) is 7.98. The third-order valence-corrected chi connectivity index (χ3v) is 8.76. The number of amides is 3. The number of halogens is 1. The maximum Gasteiger partial charge on any atom is 0.318 e. The second kappa shape index (κ2) is 11.2. The molecular weight excluding hydrogens is 471 g/mol. The third-order valence-electron chi connectivity index (χ3n) is 8.76. The number of anilines is 1. The summed E-state index contributed by atoms with van der Waals surface area (Å²) in [5.74, 6) is 0.640. The molecule has 1 aromatic rings. The molecule has 0 aromatic heterocycles. The Hall–Kier alpha value is -2.35. The number of morpholine rings is 1. The highest BCUT2D eigenvalue weighted by Gasteiger charge is 2.40. The Balaban J connectivity index is 1.28. The lowest BCUT2D eigenvalue weighted by atomic mass is 9.84. The number of benzene rings is 1. The minimum Gasteiger partial charge on any atom is -0.378 e. The molecule has 5 rings (SSSR count). The zero-order chi connectivity index (χ0) is 26.0. The molecule has 3 amide bonds. The Labute approximate surface area is 220 Å². The first-order valence-corrected chi connectivity index (χ1v) is 14.3. The van der Waals surface area contributed by atoms with Gasteiger partial charge >= 0.3 is 6.03 Å². The van der Waals surface area contributed by atoms with Crippen LogP contribution in [0.2, 0.25) is 0 Å². The van der Waals surface area contributed by atoms with Crippen LogP contribution in [0.25, 0.3) is 0 Å². The minimum absolute atomic E-state index is 0.00782. The van der Waals surface area contributed by atoms with Crippen LogP contribution in [-0.2, 0) is 14.9 Å². The Morgan fingerprint density at radius 2 is 1.81 bits per heavy atom. The Morgan fingerprint density at radius 1 is 1.08 bits per heavy atom. The maximum absolute atomic E-state index is 14.0. The smallest absolute Gasteiger partial charge is 0.318 e. The molecule has 2 N–H and O–H groups in total. The molecule has 3 fully saturated rings. The van der Waals surface area contributed by atoms with Crippen molar-refractivity contribution >= 4 is 17.6 Å². The number of carbonyl (C=O) groups excluding carboxylic acids is 2. The average molecular weight is 515 g/mol. The molecule has 2 atom stereocenters. The third kappa shape index (κ3) is 6.39. The molecule has 0 unspecified atom stereocenters. The van der Waals surface area contributed by atoms with Crippen LogP contribution in [0.15, 0.2) is 18.2 Å². The monoisotopic (exact) mass is 514 g/mol. The number of hydrogen-bond donors (Lipinski definition) is 2. The molecule has 37 heavy (non-hydrogen) atoms. The summed E-state index contributed by atoms with van der Waals surface area (Å²) < 4.78 is 19.4. The highest BCUT2D eigenvalue weighted by atomic mass is 19.1. The fourth-order valence-corrected chi connectivity index (χ4v) is 6.46. The second-order valence-corrected chi connectivity index (χ2v) is 12.2. The van der Waals surface area contributed by atoms with E-state index in [2.05, 4.69) is 29.4 Å². The first-order valence-electron chi connectivity index (χ1n) is 14.3. The zero-order valence-corrected chi connectivity index (χ0v) is 22.4. The van der Waals surface area contributed by atoms with E-state index in [0.717, 1.165) is 43.5 Å². The standard InChI is InChI=1S/C29H43FN4O3/c1-29(2)19-34(26-11-10-22(30)17-23(26)29)18-25(21-8-9-21)31-27(35)24(16-20-6-4-3-5-7-20)32-28(36)33-12-14-37-15-13-33/h10-11,17,20-21,24-25H,3-9,12-16,18-19H2,1-2H3,(H,31,35)(H,32,36)/t24-,25+/m0/s1. The van der Waals surface area contributed by atoms with E-state index in [9.17, 15) is 14.0 Å². The number of rotatable bonds is 8. The molecular formula is C29H43FN4O3. The first-order chi connectivity index (χ1) is 17.8. The molecule has 2 saturated carbocycles. The van der Waals surface area contributed by atoms with Crippen LogP contribution in [-0.4, -0.2) is 68.3 Å². The number of hydrogen-bond acceptors (Lipinski definition) is 4. The number of carbonyl (C=O) groups is 2. The van der Waals surface area contributed by atoms with E-state index >= 15 is 0 Å². The van der Waals surface area contributed by atoms with E-state index in [-0.39, 0.29) is 29.2 Å². The van der Waals surface area contributed by atoms with Crippen LogP contribution in [0.4, 0.5) is 14.9 Å². The highest BCUT2D eigenvalue weighted by Crippen LogP contribution is 2.42. The van der Waals surface area contributed by atoms with Gasteiger partial charge < -0.3 is 25.2 Å². The van der Waals surface area contributed by atoms with E-state index in [4.69, 9.17) is 4.74 Å². The topological polar surface area (TPSA) is 73.9 Å². The van der Waals surface area contributed by atoms with Gasteiger partial charge in [-0.25, -0.2) is 9.18 Å². The molecule has 1 aromatic carbocycles. The molecule has 8 heteroatoms. The van der Waals surface area contributed by atoms with Gasteiger partial charge in [-0.3, -0.25) is 4.79 Å². The average Bonchev–Trinajstić information content (AvgIpc) is 3.70. The predicted molar refractivity (Wildman–Crippen MR) is 142 cm³/mol. The molecule has 2 aliphatic carbocycles. The van der Waals surface area contributed by atoms with Gasteiger partial charge in [0.25, 0.3) is 0 Å². The molecule has 0 radical (unpaired) electrons. The van der Waals surface area contributed by atoms with E-state index in [1.807, 2.05) is 6.07 Å². The van der Waals surface area contributed by atoms with E-state index < -0.39 is 6.04 Å². The van der Waals surface area contributed by atoms with Crippen molar-refractivity contribution < 1.29 is 18.7 Å². The first kappa shape index (κ1) is 26.3. The van der Waals surface area contributed by atoms with Crippen molar-refractivity contribution in [2.75, 3.05) is 44.3 Å². The van der Waals surface area contributed by atoms with Gasteiger partial charge in [-0.15, -0.1) is 0 Å². The zero-order valence-electron chi connectivity index (χ0n) is 22.4. The summed E-state index contributed by atoms with van der Waals surface area (Å²) in [6.07, 6.45) is 8.81. The highest BCUT2D eigenvalue weighted by molar-refractivity contribution is 5.87. The Kier molecular flexibility index (Phi) is 7.93. The molecule has 204 valence electrons. The quantitative estimate of drug-likeness (QED) is 0.545. The van der Waals surface area contributed by atoms with Crippen LogP contribution in [0.1, 0.15) is 70.8 Å². The molecule has 7 nitrogen and oxygen atoms in total. The number of ether oxygens (including phenoxy) is 1. The maximum atomic E-state index is 14.0. The summed E-state index contributed by atoms with van der Waals surface area (Å²) in [4.78, 5) is 30.8. The van der Waals surface area contributed by atoms with Crippen LogP contribution in [0.3, 0.4) is 0 Å². The lowest BCUT2D eigenvalue weighted by Gasteiger charge is -2.33. The normalized spacial score (nSPS) is 23.3. The number of nitrogens with zero attached hydrogens (tertiary/aromatic N) is 2. The van der Waals surface area contributed by atoms with Crippen molar-refractivity contribution in [3.8, 4) is 0 Å². The van der Waals surface area contributed by atoms with Crippen molar-refractivity contribution in [2.24, 2.45) is 11.8 Å². The predicted octanol–water partition coefficient (Wildman–Crippen LogP) is 4.20. The van der Waals surface area contributed by atoms with Gasteiger partial charge in [0.05, 0.1) is 13.2 Å². The van der Waals surface area contributed by atoms with E-state index in [0.29, 0.717) is 51.1 Å². The summed E-state index contributed by atoms with van der Waals surface area (Å²) in [6, 6.07) is 4.37. The largest absolute Gasteiger partial charge is 0.378 e. The summed E-state index contributed by atoms with van der Waals surface area (Å²) in [5, 5.41) is 6.45. The van der Waals surface area contributed by atoms with Gasteiger partial charge in [0.15, 0.2) is 0 Å². The van der Waals surface area contributed by atoms with Gasteiger partial charge in [-0.05, 0) is 54.9 Å². The fourth-order valence-electron chi connectivity index (χ4n) is 6.46. The minimum atomic E-state index is -0.531. The van der Waals surface area contributed by atoms with Gasteiger partial charge in [-0.2, -0.15) is 0 Å². The summed E-state index contributed by atoms with van der Waals surface area (Å²) in [5.41, 5.74) is 1.94. The fraction of sp³-hybridized carbons (Fsp3) is 0.724. The van der Waals surface area contributed by atoms with Crippen molar-refractivity contribution in [3.05, 3.63) is 29.6 Å². The van der Waals surface area contributed by atoms with Crippen molar-refractivity contribution in [2.45, 2.75) is 82.7 Å². The number of fused-ring (bicyclic) bond motifs is 1. The number of nitrogens with one attached hydrogen (secondary N) is 2. The molecule has 0 spiro atoms. The molecule has 0 bridgehead atoms. The van der Waals surface area contributed by atoms with Crippen LogP contribution < -0.4 is 15.5 Å². The summed E-state index contributed by atoms with van der Waals surface area (Å²) in [7, 11) is 0. The lowest BCUT2D eigenvalue weighted by molar-refractivity contribution is -0.124. The second-order valence-electron chi connectivity index (χ2n) is 12.2. The molecule has 2 aliphatic heterocycles. The van der Waals surface area contributed by atoms with Crippen LogP contribution >= 0.6 is 0 Å². The Bertz CT molecular complexity index is 970.